The number of carboxylic acid groups (broad SMARTS) is 1. The number of hydrogen-bond donors (Lipinski definition) is 2. The number of imidazole rings is 1. The standard InChI is InChI=1S/C19H31N5O6Si/c1-19(2,3)29-18(27)22-17-15(16-21-13(30-23-16)7-8-14(25)26)20-11-24(17)12-28-9-10-31(4,5)6/h11H,7-10,12H2,1-6H3,(H,22,27)(H,25,26). The molecule has 0 fully saturated rings. The van der Waals surface area contributed by atoms with Crippen molar-refractivity contribution >= 4 is 26.0 Å². The number of nitrogens with zero attached hydrogens (tertiary/aromatic N) is 4. The average molecular weight is 454 g/mol. The maximum Gasteiger partial charge on any atom is 0.413 e. The van der Waals surface area contributed by atoms with Gasteiger partial charge in [0.15, 0.2) is 5.69 Å². The van der Waals surface area contributed by atoms with Crippen LogP contribution in [-0.4, -0.2) is 57.1 Å². The molecule has 2 aromatic heterocycles. The van der Waals surface area contributed by atoms with Crippen LogP contribution in [0.15, 0.2) is 10.9 Å². The molecule has 0 radical (unpaired) electrons. The summed E-state index contributed by atoms with van der Waals surface area (Å²) >= 11 is 0. The Balaban J connectivity index is 2.21. The summed E-state index contributed by atoms with van der Waals surface area (Å²) in [7, 11) is -1.24. The quantitative estimate of drug-likeness (QED) is 0.407. The van der Waals surface area contributed by atoms with Gasteiger partial charge in [-0.25, -0.2) is 9.78 Å². The Labute approximate surface area is 182 Å². The Bertz CT molecular complexity index is 896. The number of amides is 1. The summed E-state index contributed by atoms with van der Waals surface area (Å²) in [5.74, 6) is -0.367. The van der Waals surface area contributed by atoms with Crippen LogP contribution in [0, 0.1) is 0 Å². The Morgan fingerprint density at radius 3 is 2.61 bits per heavy atom. The van der Waals surface area contributed by atoms with Crippen molar-refractivity contribution in [2.45, 2.75) is 71.6 Å². The number of anilines is 1. The number of aromatic nitrogens is 4. The van der Waals surface area contributed by atoms with Gasteiger partial charge in [-0.3, -0.25) is 14.7 Å². The van der Waals surface area contributed by atoms with Gasteiger partial charge in [0.1, 0.15) is 18.1 Å². The summed E-state index contributed by atoms with van der Waals surface area (Å²) in [6, 6.07) is 1.00. The maximum atomic E-state index is 12.4. The molecule has 0 aliphatic rings. The lowest BCUT2D eigenvalue weighted by molar-refractivity contribution is -0.137. The van der Waals surface area contributed by atoms with Crippen LogP contribution in [-0.2, 0) is 27.4 Å². The van der Waals surface area contributed by atoms with Gasteiger partial charge in [-0.2, -0.15) is 4.98 Å². The fourth-order valence-corrected chi connectivity index (χ4v) is 3.14. The molecule has 12 heteroatoms. The first-order chi connectivity index (χ1) is 14.3. The molecule has 172 valence electrons. The van der Waals surface area contributed by atoms with E-state index in [-0.39, 0.29) is 37.0 Å². The van der Waals surface area contributed by atoms with Gasteiger partial charge < -0.3 is 19.1 Å². The first-order valence-electron chi connectivity index (χ1n) is 10.0. The highest BCUT2D eigenvalue weighted by Crippen LogP contribution is 2.26. The van der Waals surface area contributed by atoms with Crippen LogP contribution < -0.4 is 5.32 Å². The molecule has 2 heterocycles. The summed E-state index contributed by atoms with van der Waals surface area (Å²) in [5.41, 5.74) is -0.413. The van der Waals surface area contributed by atoms with Gasteiger partial charge >= 0.3 is 12.1 Å². The van der Waals surface area contributed by atoms with E-state index in [2.05, 4.69) is 40.1 Å². The van der Waals surface area contributed by atoms with Crippen LogP contribution in [0.25, 0.3) is 11.5 Å². The van der Waals surface area contributed by atoms with Gasteiger partial charge in [0.05, 0.1) is 12.7 Å². The summed E-state index contributed by atoms with van der Waals surface area (Å²) in [6.07, 6.45) is 0.804. The van der Waals surface area contributed by atoms with Gasteiger partial charge in [-0.15, -0.1) is 0 Å². The van der Waals surface area contributed by atoms with E-state index >= 15 is 0 Å². The van der Waals surface area contributed by atoms with E-state index in [1.807, 2.05) is 0 Å². The molecule has 11 nitrogen and oxygen atoms in total. The van der Waals surface area contributed by atoms with Gasteiger partial charge in [-0.05, 0) is 26.8 Å². The summed E-state index contributed by atoms with van der Waals surface area (Å²) < 4.78 is 17.8. The molecule has 0 unspecified atom stereocenters. The van der Waals surface area contributed by atoms with Crippen molar-refractivity contribution in [1.29, 1.82) is 0 Å². The molecule has 0 aromatic carbocycles. The number of hydrogen-bond acceptors (Lipinski definition) is 8. The molecule has 2 rings (SSSR count). The lowest BCUT2D eigenvalue weighted by Crippen LogP contribution is -2.28. The molecule has 0 spiro atoms. The van der Waals surface area contributed by atoms with E-state index in [9.17, 15) is 9.59 Å². The smallest absolute Gasteiger partial charge is 0.413 e. The monoisotopic (exact) mass is 453 g/mol. The van der Waals surface area contributed by atoms with Crippen LogP contribution in [0.4, 0.5) is 10.6 Å². The largest absolute Gasteiger partial charge is 0.481 e. The van der Waals surface area contributed by atoms with Crippen molar-refractivity contribution in [3.63, 3.8) is 0 Å². The molecule has 0 aliphatic carbocycles. The first-order valence-corrected chi connectivity index (χ1v) is 13.7. The number of nitrogens with one attached hydrogen (secondary N) is 1. The zero-order valence-corrected chi connectivity index (χ0v) is 19.9. The van der Waals surface area contributed by atoms with E-state index in [1.165, 1.54) is 6.33 Å². The van der Waals surface area contributed by atoms with Crippen molar-refractivity contribution in [3.8, 4) is 11.5 Å². The number of ether oxygens (including phenoxy) is 2. The van der Waals surface area contributed by atoms with Crippen LogP contribution in [0.5, 0.6) is 0 Å². The molecule has 31 heavy (non-hydrogen) atoms. The second kappa shape index (κ2) is 10.0. The second-order valence-electron chi connectivity index (χ2n) is 9.29. The highest BCUT2D eigenvalue weighted by Gasteiger charge is 2.23. The number of carboxylic acids is 1. The molecular weight excluding hydrogens is 422 g/mol. The van der Waals surface area contributed by atoms with Crippen molar-refractivity contribution in [1.82, 2.24) is 19.7 Å². The SMILES string of the molecule is CC(C)(C)OC(=O)Nc1c(-c2noc(CCC(=O)O)n2)ncn1COCC[Si](C)(C)C. The van der Waals surface area contributed by atoms with Crippen LogP contribution >= 0.6 is 0 Å². The number of aliphatic carboxylic acids is 1. The average Bonchev–Trinajstić information content (AvgIpc) is 3.21. The van der Waals surface area contributed by atoms with Gasteiger partial charge in [-0.1, -0.05) is 24.8 Å². The summed E-state index contributed by atoms with van der Waals surface area (Å²) in [4.78, 5) is 31.6. The molecule has 0 bridgehead atoms. The predicted octanol–water partition coefficient (Wildman–Crippen LogP) is 3.61. The zero-order valence-electron chi connectivity index (χ0n) is 18.9. The Kier molecular flexibility index (Phi) is 7.95. The zero-order chi connectivity index (χ0) is 23.2. The molecule has 0 saturated carbocycles. The third kappa shape index (κ3) is 8.50. The van der Waals surface area contributed by atoms with Gasteiger partial charge in [0, 0.05) is 21.1 Å². The van der Waals surface area contributed by atoms with Crippen LogP contribution in [0.3, 0.4) is 0 Å². The van der Waals surface area contributed by atoms with E-state index in [0.717, 1.165) is 6.04 Å². The minimum atomic E-state index is -1.24. The molecule has 2 N–H and O–H groups in total. The fourth-order valence-electron chi connectivity index (χ4n) is 2.38. The number of carbonyl (C=O) groups excluding carboxylic acids is 1. The van der Waals surface area contributed by atoms with Crippen molar-refractivity contribution in [3.05, 3.63) is 12.2 Å². The summed E-state index contributed by atoms with van der Waals surface area (Å²) in [5, 5.41) is 15.4. The van der Waals surface area contributed by atoms with Crippen LogP contribution in [0.2, 0.25) is 25.7 Å². The third-order valence-electron chi connectivity index (χ3n) is 3.92. The van der Waals surface area contributed by atoms with E-state index in [4.69, 9.17) is 19.1 Å². The van der Waals surface area contributed by atoms with E-state index < -0.39 is 25.7 Å². The fraction of sp³-hybridized carbons (Fsp3) is 0.632. The molecule has 2 aromatic rings. The highest BCUT2D eigenvalue weighted by atomic mass is 28.3. The van der Waals surface area contributed by atoms with Crippen molar-refractivity contribution in [2.75, 3.05) is 11.9 Å². The van der Waals surface area contributed by atoms with Crippen molar-refractivity contribution in [2.24, 2.45) is 0 Å². The topological polar surface area (TPSA) is 142 Å². The minimum Gasteiger partial charge on any atom is -0.481 e. The normalized spacial score (nSPS) is 12.1. The lowest BCUT2D eigenvalue weighted by atomic mass is 10.2. The first kappa shape index (κ1) is 24.5. The number of rotatable bonds is 10. The van der Waals surface area contributed by atoms with Crippen LogP contribution in [0.1, 0.15) is 33.1 Å². The Morgan fingerprint density at radius 1 is 1.29 bits per heavy atom. The van der Waals surface area contributed by atoms with Gasteiger partial charge in [0.2, 0.25) is 11.7 Å². The Morgan fingerprint density at radius 2 is 2.00 bits per heavy atom. The summed E-state index contributed by atoms with van der Waals surface area (Å²) in [6.45, 7) is 12.8. The predicted molar refractivity (Wildman–Crippen MR) is 115 cm³/mol. The number of aryl methyl sites for hydroxylation is 1. The highest BCUT2D eigenvalue weighted by molar-refractivity contribution is 6.76. The third-order valence-corrected chi connectivity index (χ3v) is 5.62. The molecular formula is C19H31N5O6Si. The Hall–Kier alpha value is -2.73. The minimum absolute atomic E-state index is 0.0949. The molecule has 0 atom stereocenters. The number of carbonyl (C=O) groups is 2. The van der Waals surface area contributed by atoms with Gasteiger partial charge in [0.25, 0.3) is 0 Å². The molecule has 1 amide bonds. The molecule has 0 aliphatic heterocycles. The van der Waals surface area contributed by atoms with E-state index in [1.54, 1.807) is 25.3 Å². The molecule has 0 saturated heterocycles. The maximum absolute atomic E-state index is 12.4. The second-order valence-corrected chi connectivity index (χ2v) is 14.9. The van der Waals surface area contributed by atoms with Crippen molar-refractivity contribution < 1.29 is 28.7 Å². The lowest BCUT2D eigenvalue weighted by Gasteiger charge is -2.20. The van der Waals surface area contributed by atoms with E-state index in [0.29, 0.717) is 12.4 Å².